The average Bonchev–Trinajstić information content (AvgIpc) is 2.50. The van der Waals surface area contributed by atoms with E-state index in [9.17, 15) is 33.4 Å². The second-order valence-electron chi connectivity index (χ2n) is 4.35. The lowest BCUT2D eigenvalue weighted by molar-refractivity contribution is -0.388. The first kappa shape index (κ1) is 16.2. The van der Waals surface area contributed by atoms with E-state index >= 15 is 0 Å². The minimum absolute atomic E-state index is 0.264. The van der Waals surface area contributed by atoms with E-state index in [1.807, 2.05) is 0 Å². The molecular formula is C13H7F3N2O5. The van der Waals surface area contributed by atoms with E-state index < -0.39 is 44.3 Å². The quantitative estimate of drug-likeness (QED) is 0.480. The maximum absolute atomic E-state index is 13.9. The summed E-state index contributed by atoms with van der Waals surface area (Å²) in [4.78, 5) is 19.5. The summed E-state index contributed by atoms with van der Waals surface area (Å²) in [5, 5.41) is 21.4. The molecule has 0 aromatic heterocycles. The van der Waals surface area contributed by atoms with Crippen molar-refractivity contribution >= 4 is 11.4 Å². The molecule has 0 aliphatic rings. The van der Waals surface area contributed by atoms with Crippen LogP contribution in [-0.4, -0.2) is 9.85 Å². The van der Waals surface area contributed by atoms with E-state index in [0.717, 1.165) is 31.2 Å². The third kappa shape index (κ3) is 2.91. The Morgan fingerprint density at radius 3 is 1.96 bits per heavy atom. The summed E-state index contributed by atoms with van der Waals surface area (Å²) >= 11 is 0. The van der Waals surface area contributed by atoms with Crippen LogP contribution in [0, 0.1) is 44.6 Å². The van der Waals surface area contributed by atoms with E-state index in [1.165, 1.54) is 0 Å². The van der Waals surface area contributed by atoms with Crippen molar-refractivity contribution < 1.29 is 27.8 Å². The number of benzene rings is 2. The maximum atomic E-state index is 13.9. The Labute approximate surface area is 126 Å². The van der Waals surface area contributed by atoms with Gasteiger partial charge in [0.1, 0.15) is 5.75 Å². The smallest absolute Gasteiger partial charge is 0.350 e. The number of hydrogen-bond donors (Lipinski definition) is 0. The zero-order valence-electron chi connectivity index (χ0n) is 11.4. The van der Waals surface area contributed by atoms with Crippen LogP contribution in [0.3, 0.4) is 0 Å². The number of nitrogens with zero attached hydrogens (tertiary/aromatic N) is 2. The van der Waals surface area contributed by atoms with Crippen LogP contribution in [0.15, 0.2) is 24.3 Å². The van der Waals surface area contributed by atoms with Crippen molar-refractivity contribution in [2.24, 2.45) is 0 Å². The highest BCUT2D eigenvalue weighted by atomic mass is 19.2. The summed E-state index contributed by atoms with van der Waals surface area (Å²) in [7, 11) is 0. The summed E-state index contributed by atoms with van der Waals surface area (Å²) in [6.07, 6.45) is 0. The molecule has 0 spiro atoms. The molecule has 23 heavy (non-hydrogen) atoms. The van der Waals surface area contributed by atoms with Gasteiger partial charge in [0.2, 0.25) is 17.4 Å². The highest BCUT2D eigenvalue weighted by Crippen LogP contribution is 2.39. The van der Waals surface area contributed by atoms with Gasteiger partial charge in [0, 0.05) is 17.7 Å². The molecule has 2 aromatic carbocycles. The highest BCUT2D eigenvalue weighted by molar-refractivity contribution is 5.53. The van der Waals surface area contributed by atoms with E-state index in [0.29, 0.717) is 0 Å². The number of nitro benzene ring substituents is 2. The van der Waals surface area contributed by atoms with Crippen molar-refractivity contribution in [1.82, 2.24) is 0 Å². The number of nitro groups is 2. The van der Waals surface area contributed by atoms with Crippen LogP contribution < -0.4 is 4.74 Å². The molecule has 120 valence electrons. The van der Waals surface area contributed by atoms with Crippen LogP contribution in [0.4, 0.5) is 24.5 Å². The van der Waals surface area contributed by atoms with Crippen molar-refractivity contribution in [3.8, 4) is 11.5 Å². The van der Waals surface area contributed by atoms with Crippen LogP contribution >= 0.6 is 0 Å². The van der Waals surface area contributed by atoms with Crippen LogP contribution in [0.25, 0.3) is 0 Å². The minimum atomic E-state index is -1.73. The van der Waals surface area contributed by atoms with Crippen molar-refractivity contribution in [3.05, 3.63) is 67.5 Å². The summed E-state index contributed by atoms with van der Waals surface area (Å²) in [5.41, 5.74) is -2.53. The third-order valence-electron chi connectivity index (χ3n) is 2.92. The van der Waals surface area contributed by atoms with Gasteiger partial charge in [-0.05, 0) is 19.1 Å². The average molecular weight is 328 g/mol. The topological polar surface area (TPSA) is 95.5 Å². The SMILES string of the molecule is Cc1c(F)c(F)c(Oc2ccc([N+](=O)[O-])cc2)c([N+](=O)[O-])c1F. The predicted octanol–water partition coefficient (Wildman–Crippen LogP) is 4.02. The molecule has 0 atom stereocenters. The van der Waals surface area contributed by atoms with Gasteiger partial charge in [0.25, 0.3) is 5.69 Å². The van der Waals surface area contributed by atoms with Gasteiger partial charge in [-0.1, -0.05) is 0 Å². The number of halogens is 3. The highest BCUT2D eigenvalue weighted by Gasteiger charge is 2.32. The molecule has 2 aromatic rings. The molecule has 0 aliphatic heterocycles. The Hall–Kier alpha value is -3.17. The molecule has 7 nitrogen and oxygen atoms in total. The summed E-state index contributed by atoms with van der Waals surface area (Å²) in [5.74, 6) is -6.42. The van der Waals surface area contributed by atoms with Gasteiger partial charge in [-0.3, -0.25) is 20.2 Å². The second-order valence-corrected chi connectivity index (χ2v) is 4.35. The molecular weight excluding hydrogens is 321 g/mol. The fourth-order valence-electron chi connectivity index (χ4n) is 1.75. The molecule has 0 heterocycles. The second kappa shape index (κ2) is 5.91. The van der Waals surface area contributed by atoms with E-state index in [-0.39, 0.29) is 11.4 Å². The van der Waals surface area contributed by atoms with E-state index in [4.69, 9.17) is 4.74 Å². The van der Waals surface area contributed by atoms with Crippen LogP contribution in [0.2, 0.25) is 0 Å². The van der Waals surface area contributed by atoms with E-state index in [1.54, 1.807) is 0 Å². The molecule has 0 saturated carbocycles. The van der Waals surface area contributed by atoms with Crippen molar-refractivity contribution in [3.63, 3.8) is 0 Å². The molecule has 0 saturated heterocycles. The molecule has 2 rings (SSSR count). The van der Waals surface area contributed by atoms with Gasteiger partial charge in [-0.2, -0.15) is 8.78 Å². The maximum Gasteiger partial charge on any atom is 0.350 e. The van der Waals surface area contributed by atoms with Gasteiger partial charge in [0.15, 0.2) is 5.82 Å². The first-order valence-electron chi connectivity index (χ1n) is 5.97. The Bertz CT molecular complexity index is 808. The van der Waals surface area contributed by atoms with Gasteiger partial charge >= 0.3 is 5.69 Å². The third-order valence-corrected chi connectivity index (χ3v) is 2.92. The van der Waals surface area contributed by atoms with Gasteiger partial charge in [-0.25, -0.2) is 4.39 Å². The molecule has 0 N–H and O–H groups in total. The fourth-order valence-corrected chi connectivity index (χ4v) is 1.75. The number of non-ortho nitro benzene ring substituents is 1. The van der Waals surface area contributed by atoms with Crippen LogP contribution in [0.5, 0.6) is 11.5 Å². The molecule has 0 radical (unpaired) electrons. The van der Waals surface area contributed by atoms with Gasteiger partial charge < -0.3 is 4.74 Å². The number of rotatable bonds is 4. The van der Waals surface area contributed by atoms with Crippen molar-refractivity contribution in [2.75, 3.05) is 0 Å². The molecule has 0 amide bonds. The summed E-state index contributed by atoms with van der Waals surface area (Å²) in [6, 6.07) is 3.99. The number of ether oxygens (including phenoxy) is 1. The first-order chi connectivity index (χ1) is 10.7. The fraction of sp³-hybridized carbons (Fsp3) is 0.0769. The standard InChI is InChI=1S/C13H7F3N2O5/c1-6-9(14)11(16)13(12(10(6)15)18(21)22)23-8-4-2-7(3-5-8)17(19)20/h2-5H,1H3. The Kier molecular flexibility index (Phi) is 4.16. The molecule has 0 unspecified atom stereocenters. The zero-order valence-corrected chi connectivity index (χ0v) is 11.4. The van der Waals surface area contributed by atoms with E-state index in [2.05, 4.69) is 0 Å². The molecule has 0 bridgehead atoms. The van der Waals surface area contributed by atoms with Crippen LogP contribution in [0.1, 0.15) is 5.56 Å². The largest absolute Gasteiger partial charge is 0.447 e. The van der Waals surface area contributed by atoms with Crippen molar-refractivity contribution in [2.45, 2.75) is 6.92 Å². The summed E-state index contributed by atoms with van der Waals surface area (Å²) < 4.78 is 46.1. The normalized spacial score (nSPS) is 10.4. The van der Waals surface area contributed by atoms with Crippen LogP contribution in [-0.2, 0) is 0 Å². The Morgan fingerprint density at radius 2 is 1.48 bits per heavy atom. The Morgan fingerprint density at radius 1 is 0.913 bits per heavy atom. The number of hydrogen-bond acceptors (Lipinski definition) is 5. The Balaban J connectivity index is 2.54. The summed E-state index contributed by atoms with van der Waals surface area (Å²) in [6.45, 7) is 0.844. The lowest BCUT2D eigenvalue weighted by Crippen LogP contribution is -2.05. The molecule has 0 aliphatic carbocycles. The predicted molar refractivity (Wildman–Crippen MR) is 70.9 cm³/mol. The molecule has 0 fully saturated rings. The molecule has 10 heteroatoms. The first-order valence-corrected chi connectivity index (χ1v) is 5.97. The lowest BCUT2D eigenvalue weighted by Gasteiger charge is -2.10. The van der Waals surface area contributed by atoms with Gasteiger partial charge in [-0.15, -0.1) is 0 Å². The van der Waals surface area contributed by atoms with Gasteiger partial charge in [0.05, 0.1) is 9.85 Å². The lowest BCUT2D eigenvalue weighted by atomic mass is 10.1. The minimum Gasteiger partial charge on any atom is -0.447 e. The van der Waals surface area contributed by atoms with Crippen molar-refractivity contribution in [1.29, 1.82) is 0 Å². The monoisotopic (exact) mass is 328 g/mol. The zero-order chi connectivity index (χ0) is 17.3.